The van der Waals surface area contributed by atoms with Crippen molar-refractivity contribution in [1.29, 1.82) is 0 Å². The van der Waals surface area contributed by atoms with Crippen molar-refractivity contribution in [3.05, 3.63) is 12.2 Å². The number of hydrogen-bond acceptors (Lipinski definition) is 21. The van der Waals surface area contributed by atoms with Gasteiger partial charge in [-0.3, -0.25) is 4.79 Å². The van der Waals surface area contributed by atoms with Crippen LogP contribution in [-0.4, -0.2) is 197 Å². The minimum atomic E-state index is -1.92. The SMILES string of the molecule is NCCCNC[C@@H]1C=C[C@@H](N)[C@@H](O[C@H]2[C@H](O[C@@H]3O[C@H](CO)[C@@H](O[C@H]4O[C@@H](CN)[C@@H](O)[C@H](O)[C@H]4N)[C@H]3O)[C@@H](O)[C@H](NC(=O)C(O)[C@H](O)CN)C[C@@H]2N)O1. The molecule has 3 heterocycles. The molecule has 2 saturated heterocycles. The van der Waals surface area contributed by atoms with Gasteiger partial charge in [0.1, 0.15) is 61.0 Å². The zero-order valence-corrected chi connectivity index (χ0v) is 28.7. The maximum Gasteiger partial charge on any atom is 0.251 e. The number of carbonyl (C=O) groups excluding carboxylic acids is 1. The molecule has 3 aliphatic heterocycles. The van der Waals surface area contributed by atoms with Crippen molar-refractivity contribution < 1.29 is 69.0 Å². The molecule has 1 unspecified atom stereocenters. The lowest BCUT2D eigenvalue weighted by Gasteiger charge is -2.46. The van der Waals surface area contributed by atoms with E-state index in [1.807, 2.05) is 0 Å². The van der Waals surface area contributed by atoms with Gasteiger partial charge >= 0.3 is 0 Å². The Bertz CT molecular complexity index is 1140. The van der Waals surface area contributed by atoms with E-state index in [2.05, 4.69) is 10.6 Å². The number of carbonyl (C=O) groups is 1. The average Bonchev–Trinajstić information content (AvgIpc) is 3.43. The summed E-state index contributed by atoms with van der Waals surface area (Å²) in [5.41, 5.74) is 35.5. The summed E-state index contributed by atoms with van der Waals surface area (Å²) in [4.78, 5) is 12.8. The van der Waals surface area contributed by atoms with E-state index in [0.29, 0.717) is 19.6 Å². The highest BCUT2D eigenvalue weighted by Gasteiger charge is 2.54. The van der Waals surface area contributed by atoms with E-state index < -0.39 is 135 Å². The smallest absolute Gasteiger partial charge is 0.251 e. The van der Waals surface area contributed by atoms with Gasteiger partial charge in [0.25, 0.3) is 5.91 Å². The first-order valence-corrected chi connectivity index (χ1v) is 17.4. The first-order valence-electron chi connectivity index (χ1n) is 17.4. The normalized spacial score (nSPS) is 43.7. The van der Waals surface area contributed by atoms with E-state index in [-0.39, 0.29) is 13.0 Å². The Labute approximate surface area is 300 Å². The number of nitrogens with two attached hydrogens (primary N) is 6. The predicted molar refractivity (Wildman–Crippen MR) is 178 cm³/mol. The monoisotopic (exact) mass is 754 g/mol. The second-order valence-corrected chi connectivity index (χ2v) is 13.5. The standard InChI is InChI=1S/C30H58N8O14/c31-4-1-5-37-9-11-2-3-12(34)28(47-11)50-24-13(35)6-14(38-27(46)20(42)15(40)7-32)19(41)26(24)52-30-23(45)25(17(10-39)49-30)51-29-18(36)22(44)21(43)16(8-33)48-29/h2-3,11-26,28-30,37,39-45H,1,4-10,31-36H2,(H,38,46)/t11-,12+,13-,14+,15+,16-,17+,18+,19-,20?,21+,22+,23+,24+,25+,26+,28+,29+,30-/m0/s1. The summed E-state index contributed by atoms with van der Waals surface area (Å²) in [7, 11) is 0. The third-order valence-electron chi connectivity index (χ3n) is 9.62. The number of rotatable bonds is 17. The molecule has 19 atom stereocenters. The zero-order valence-electron chi connectivity index (χ0n) is 28.7. The van der Waals surface area contributed by atoms with Gasteiger partial charge in [-0.05, 0) is 25.9 Å². The average molecular weight is 755 g/mol. The van der Waals surface area contributed by atoms with Gasteiger partial charge < -0.3 is 109 Å². The molecule has 21 N–H and O–H groups in total. The highest BCUT2D eigenvalue weighted by molar-refractivity contribution is 5.81. The van der Waals surface area contributed by atoms with E-state index in [1.165, 1.54) is 0 Å². The van der Waals surface area contributed by atoms with E-state index in [9.17, 15) is 40.5 Å². The summed E-state index contributed by atoms with van der Waals surface area (Å²) < 4.78 is 35.8. The van der Waals surface area contributed by atoms with Crippen LogP contribution in [-0.2, 0) is 33.2 Å². The first kappa shape index (κ1) is 43.1. The maximum atomic E-state index is 12.8. The lowest BCUT2D eigenvalue weighted by atomic mass is 9.83. The van der Waals surface area contributed by atoms with Crippen LogP contribution in [0.4, 0.5) is 0 Å². The number of hydrogen-bond donors (Lipinski definition) is 15. The van der Waals surface area contributed by atoms with Gasteiger partial charge in [-0.15, -0.1) is 0 Å². The fourth-order valence-electron chi connectivity index (χ4n) is 6.51. The molecule has 1 aliphatic carbocycles. The Morgan fingerprint density at radius 1 is 0.827 bits per heavy atom. The fraction of sp³-hybridized carbons (Fsp3) is 0.900. The van der Waals surface area contributed by atoms with E-state index in [0.717, 1.165) is 6.42 Å². The molecule has 4 aliphatic rings. The summed E-state index contributed by atoms with van der Waals surface area (Å²) in [6.07, 6.45) is -16.6. The molecule has 0 radical (unpaired) electrons. The molecular formula is C30H58N8O14. The molecule has 0 aromatic rings. The largest absolute Gasteiger partial charge is 0.394 e. The van der Waals surface area contributed by atoms with Crippen LogP contribution in [0.15, 0.2) is 12.2 Å². The van der Waals surface area contributed by atoms with Crippen molar-refractivity contribution in [2.45, 2.75) is 129 Å². The van der Waals surface area contributed by atoms with Gasteiger partial charge in [-0.2, -0.15) is 0 Å². The van der Waals surface area contributed by atoms with Crippen LogP contribution in [0, 0.1) is 0 Å². The van der Waals surface area contributed by atoms with Crippen molar-refractivity contribution in [3.8, 4) is 0 Å². The number of nitrogens with one attached hydrogen (secondary N) is 2. The van der Waals surface area contributed by atoms with Crippen LogP contribution in [0.25, 0.3) is 0 Å². The molecule has 4 rings (SSSR count). The van der Waals surface area contributed by atoms with Crippen LogP contribution < -0.4 is 45.0 Å². The maximum absolute atomic E-state index is 12.8. The molecule has 0 aromatic heterocycles. The molecule has 22 nitrogen and oxygen atoms in total. The van der Waals surface area contributed by atoms with E-state index in [4.69, 9.17) is 62.8 Å². The summed E-state index contributed by atoms with van der Waals surface area (Å²) in [5.74, 6) is -1.04. The van der Waals surface area contributed by atoms with Crippen LogP contribution >= 0.6 is 0 Å². The van der Waals surface area contributed by atoms with Gasteiger partial charge in [0, 0.05) is 25.7 Å². The summed E-state index contributed by atoms with van der Waals surface area (Å²) in [5, 5.41) is 79.6. The molecular weight excluding hydrogens is 696 g/mol. The zero-order chi connectivity index (χ0) is 38.3. The third kappa shape index (κ3) is 10.2. The number of aliphatic hydroxyl groups is 7. The summed E-state index contributed by atoms with van der Waals surface area (Å²) >= 11 is 0. The molecule has 0 spiro atoms. The topological polar surface area (TPSA) is 394 Å². The number of ether oxygens (including phenoxy) is 6. The summed E-state index contributed by atoms with van der Waals surface area (Å²) in [6, 6.07) is -4.23. The van der Waals surface area contributed by atoms with Crippen LogP contribution in [0.2, 0.25) is 0 Å². The molecule has 0 bridgehead atoms. The predicted octanol–water partition coefficient (Wildman–Crippen LogP) is -9.24. The van der Waals surface area contributed by atoms with Crippen LogP contribution in [0.5, 0.6) is 0 Å². The molecule has 302 valence electrons. The quantitative estimate of drug-likeness (QED) is 0.0484. The first-order chi connectivity index (χ1) is 24.8. The fourth-order valence-corrected chi connectivity index (χ4v) is 6.51. The second kappa shape index (κ2) is 19.8. The Hall–Kier alpha value is -1.59. The van der Waals surface area contributed by atoms with Crippen molar-refractivity contribution in [2.75, 3.05) is 39.3 Å². The minimum Gasteiger partial charge on any atom is -0.394 e. The Balaban J connectivity index is 1.54. The van der Waals surface area contributed by atoms with Gasteiger partial charge in [-0.25, -0.2) is 0 Å². The molecule has 1 saturated carbocycles. The van der Waals surface area contributed by atoms with Gasteiger partial charge in [0.05, 0.1) is 30.8 Å². The van der Waals surface area contributed by atoms with E-state index in [1.54, 1.807) is 12.2 Å². The lowest BCUT2D eigenvalue weighted by molar-refractivity contribution is -0.284. The van der Waals surface area contributed by atoms with Gasteiger partial charge in [-0.1, -0.05) is 12.2 Å². The Kier molecular flexibility index (Phi) is 16.5. The number of aliphatic hydroxyl groups excluding tert-OH is 7. The Morgan fingerprint density at radius 3 is 2.15 bits per heavy atom. The number of amides is 1. The molecule has 1 amide bonds. The van der Waals surface area contributed by atoms with Crippen molar-refractivity contribution in [3.63, 3.8) is 0 Å². The second-order valence-electron chi connectivity index (χ2n) is 13.5. The van der Waals surface area contributed by atoms with Gasteiger partial charge in [0.2, 0.25) is 0 Å². The highest BCUT2D eigenvalue weighted by atomic mass is 16.8. The summed E-state index contributed by atoms with van der Waals surface area (Å²) in [6.45, 7) is 0.269. The van der Waals surface area contributed by atoms with Crippen LogP contribution in [0.1, 0.15) is 12.8 Å². The van der Waals surface area contributed by atoms with E-state index >= 15 is 0 Å². The van der Waals surface area contributed by atoms with Gasteiger partial charge in [0.15, 0.2) is 25.0 Å². The lowest BCUT2D eigenvalue weighted by Crippen LogP contribution is -2.67. The molecule has 3 fully saturated rings. The highest BCUT2D eigenvalue weighted by Crippen LogP contribution is 2.34. The van der Waals surface area contributed by atoms with Crippen molar-refractivity contribution in [1.82, 2.24) is 10.6 Å². The van der Waals surface area contributed by atoms with Crippen molar-refractivity contribution in [2.24, 2.45) is 34.4 Å². The molecule has 0 aromatic carbocycles. The minimum absolute atomic E-state index is 0.114. The van der Waals surface area contributed by atoms with Crippen LogP contribution in [0.3, 0.4) is 0 Å². The van der Waals surface area contributed by atoms with Crippen molar-refractivity contribution >= 4 is 5.91 Å². The molecule has 52 heavy (non-hydrogen) atoms. The molecule has 22 heteroatoms. The third-order valence-corrected chi connectivity index (χ3v) is 9.62. The Morgan fingerprint density at radius 2 is 1.50 bits per heavy atom.